The summed E-state index contributed by atoms with van der Waals surface area (Å²) >= 11 is 0. The number of rotatable bonds is 6. The summed E-state index contributed by atoms with van der Waals surface area (Å²) in [6.07, 6.45) is 1.90. The third-order valence-electron chi connectivity index (χ3n) is 2.37. The molecule has 0 saturated carbocycles. The van der Waals surface area contributed by atoms with E-state index in [4.69, 9.17) is 4.74 Å². The van der Waals surface area contributed by atoms with Gasteiger partial charge >= 0.3 is 0 Å². The highest BCUT2D eigenvalue weighted by atomic mass is 16.5. The zero-order chi connectivity index (χ0) is 12.8. The third kappa shape index (κ3) is 3.24. The lowest BCUT2D eigenvalue weighted by atomic mass is 10.4. The number of aromatic nitrogens is 5. The van der Waals surface area contributed by atoms with Crippen LogP contribution in [0.15, 0.2) is 18.3 Å². The molecule has 2 heterocycles. The van der Waals surface area contributed by atoms with Gasteiger partial charge in [0, 0.05) is 12.6 Å². The van der Waals surface area contributed by atoms with E-state index in [2.05, 4.69) is 32.7 Å². The average molecular weight is 248 g/mol. The Labute approximate surface area is 105 Å². The molecule has 0 fully saturated rings. The second kappa shape index (κ2) is 6.06. The normalized spacial score (nSPS) is 10.6. The fourth-order valence-corrected chi connectivity index (χ4v) is 1.46. The maximum Gasteiger partial charge on any atom is 0.233 e. The summed E-state index contributed by atoms with van der Waals surface area (Å²) in [7, 11) is 1.56. The van der Waals surface area contributed by atoms with Crippen molar-refractivity contribution in [2.24, 2.45) is 0 Å². The van der Waals surface area contributed by atoms with Gasteiger partial charge in [-0.3, -0.25) is 0 Å². The van der Waals surface area contributed by atoms with Gasteiger partial charge in [0.15, 0.2) is 0 Å². The minimum absolute atomic E-state index is 0.505. The van der Waals surface area contributed by atoms with E-state index >= 15 is 0 Å². The molecule has 0 radical (unpaired) electrons. The zero-order valence-electron chi connectivity index (χ0n) is 10.5. The van der Waals surface area contributed by atoms with Crippen molar-refractivity contribution in [2.75, 3.05) is 13.7 Å². The summed E-state index contributed by atoms with van der Waals surface area (Å²) in [6.45, 7) is 4.25. The molecule has 0 atom stereocenters. The van der Waals surface area contributed by atoms with Crippen molar-refractivity contribution in [1.29, 1.82) is 0 Å². The van der Waals surface area contributed by atoms with Crippen molar-refractivity contribution in [2.45, 2.75) is 20.0 Å². The minimum Gasteiger partial charge on any atom is -0.480 e. The van der Waals surface area contributed by atoms with E-state index in [0.29, 0.717) is 12.4 Å². The Morgan fingerprint density at radius 1 is 1.22 bits per heavy atom. The van der Waals surface area contributed by atoms with Crippen molar-refractivity contribution >= 4 is 0 Å². The van der Waals surface area contributed by atoms with Gasteiger partial charge in [-0.05, 0) is 12.6 Å². The van der Waals surface area contributed by atoms with Crippen LogP contribution in [-0.2, 0) is 13.1 Å². The van der Waals surface area contributed by atoms with Crippen molar-refractivity contribution in [3.05, 3.63) is 29.7 Å². The Hall–Kier alpha value is -2.02. The van der Waals surface area contributed by atoms with E-state index in [1.165, 1.54) is 0 Å². The summed E-state index contributed by atoms with van der Waals surface area (Å²) < 4.78 is 6.69. The first-order valence-corrected chi connectivity index (χ1v) is 5.78. The van der Waals surface area contributed by atoms with Crippen LogP contribution in [0.25, 0.3) is 0 Å². The Morgan fingerprint density at radius 2 is 2.11 bits per heavy atom. The van der Waals surface area contributed by atoms with Crippen molar-refractivity contribution in [1.82, 2.24) is 30.5 Å². The van der Waals surface area contributed by atoms with Crippen LogP contribution in [0, 0.1) is 0 Å². The van der Waals surface area contributed by atoms with Crippen molar-refractivity contribution < 1.29 is 4.74 Å². The van der Waals surface area contributed by atoms with Gasteiger partial charge in [-0.25, -0.2) is 4.68 Å². The van der Waals surface area contributed by atoms with Crippen LogP contribution >= 0.6 is 0 Å². The van der Waals surface area contributed by atoms with Gasteiger partial charge in [0.05, 0.1) is 31.2 Å². The molecular formula is C11H16N6O. The highest BCUT2D eigenvalue weighted by Gasteiger charge is 2.03. The van der Waals surface area contributed by atoms with Crippen molar-refractivity contribution in [3.63, 3.8) is 0 Å². The number of hydrogen-bond acceptors (Lipinski definition) is 6. The second-order valence-electron chi connectivity index (χ2n) is 3.75. The predicted molar refractivity (Wildman–Crippen MR) is 65.1 cm³/mol. The van der Waals surface area contributed by atoms with Crippen LogP contribution in [0.5, 0.6) is 5.88 Å². The molecule has 0 unspecified atom stereocenters. The third-order valence-corrected chi connectivity index (χ3v) is 2.37. The first-order valence-electron chi connectivity index (χ1n) is 5.78. The zero-order valence-corrected chi connectivity index (χ0v) is 10.5. The van der Waals surface area contributed by atoms with Crippen LogP contribution in [0.2, 0.25) is 0 Å². The van der Waals surface area contributed by atoms with Crippen LogP contribution in [-0.4, -0.2) is 38.8 Å². The summed E-state index contributed by atoms with van der Waals surface area (Å²) in [5.74, 6) is 0.505. The van der Waals surface area contributed by atoms with E-state index in [-0.39, 0.29) is 0 Å². The number of ether oxygens (including phenoxy) is 1. The van der Waals surface area contributed by atoms with Gasteiger partial charge in [0.2, 0.25) is 5.88 Å². The molecule has 2 rings (SSSR count). The molecular weight excluding hydrogens is 232 g/mol. The molecule has 0 aliphatic rings. The van der Waals surface area contributed by atoms with Gasteiger partial charge in [-0.2, -0.15) is 0 Å². The second-order valence-corrected chi connectivity index (χ2v) is 3.75. The van der Waals surface area contributed by atoms with Crippen molar-refractivity contribution in [3.8, 4) is 5.88 Å². The Kier molecular flexibility index (Phi) is 4.19. The van der Waals surface area contributed by atoms with E-state index in [0.717, 1.165) is 24.5 Å². The highest BCUT2D eigenvalue weighted by Crippen LogP contribution is 2.04. The minimum atomic E-state index is 0.505. The number of nitrogens with zero attached hydrogens (tertiary/aromatic N) is 5. The average Bonchev–Trinajstić information content (AvgIpc) is 2.85. The lowest BCUT2D eigenvalue weighted by Gasteiger charge is -2.00. The largest absolute Gasteiger partial charge is 0.480 e. The number of hydrogen-bond donors (Lipinski definition) is 1. The highest BCUT2D eigenvalue weighted by molar-refractivity contribution is 5.11. The summed E-state index contributed by atoms with van der Waals surface area (Å²) in [4.78, 5) is 0. The van der Waals surface area contributed by atoms with Crippen LogP contribution in [0.1, 0.15) is 18.3 Å². The summed E-state index contributed by atoms with van der Waals surface area (Å²) in [5.41, 5.74) is 1.73. The lowest BCUT2D eigenvalue weighted by Crippen LogP contribution is -2.11. The van der Waals surface area contributed by atoms with E-state index < -0.39 is 0 Å². The first kappa shape index (κ1) is 12.4. The molecule has 0 aromatic carbocycles. The Morgan fingerprint density at radius 3 is 2.78 bits per heavy atom. The molecule has 2 aromatic heterocycles. The molecule has 0 aliphatic carbocycles. The predicted octanol–water partition coefficient (Wildman–Crippen LogP) is 0.234. The standard InChI is InChI=1S/C11H16N6O/c1-3-12-6-10-8-17(16-14-10)7-9-4-5-11(18-2)15-13-9/h4-5,8,12H,3,6-7H2,1-2H3. The Balaban J connectivity index is 1.97. The maximum atomic E-state index is 4.95. The van der Waals surface area contributed by atoms with Crippen LogP contribution in [0.4, 0.5) is 0 Å². The molecule has 18 heavy (non-hydrogen) atoms. The smallest absolute Gasteiger partial charge is 0.233 e. The molecule has 0 amide bonds. The van der Waals surface area contributed by atoms with E-state index in [9.17, 15) is 0 Å². The van der Waals surface area contributed by atoms with Gasteiger partial charge in [0.25, 0.3) is 0 Å². The summed E-state index contributed by atoms with van der Waals surface area (Å²) in [6, 6.07) is 3.64. The molecule has 1 N–H and O–H groups in total. The molecule has 0 spiro atoms. The molecule has 7 heteroatoms. The molecule has 0 bridgehead atoms. The molecule has 96 valence electrons. The van der Waals surface area contributed by atoms with E-state index in [1.807, 2.05) is 12.3 Å². The number of nitrogens with one attached hydrogen (secondary N) is 1. The molecule has 0 saturated heterocycles. The van der Waals surface area contributed by atoms with Crippen LogP contribution in [0.3, 0.4) is 0 Å². The number of methoxy groups -OCH3 is 1. The quantitative estimate of drug-likeness (QED) is 0.788. The first-order chi connectivity index (χ1) is 8.81. The van der Waals surface area contributed by atoms with Gasteiger partial charge in [-0.1, -0.05) is 12.1 Å². The maximum absolute atomic E-state index is 4.95. The fraction of sp³-hybridized carbons (Fsp3) is 0.455. The SMILES string of the molecule is CCNCc1cn(Cc2ccc(OC)nn2)nn1. The molecule has 2 aromatic rings. The molecule has 7 nitrogen and oxygen atoms in total. The Bertz CT molecular complexity index is 481. The fourth-order valence-electron chi connectivity index (χ4n) is 1.46. The van der Waals surface area contributed by atoms with E-state index in [1.54, 1.807) is 17.9 Å². The lowest BCUT2D eigenvalue weighted by molar-refractivity contribution is 0.390. The van der Waals surface area contributed by atoms with Gasteiger partial charge in [-0.15, -0.1) is 15.3 Å². The summed E-state index contributed by atoms with van der Waals surface area (Å²) in [5, 5.41) is 19.2. The topological polar surface area (TPSA) is 77.8 Å². The molecule has 0 aliphatic heterocycles. The van der Waals surface area contributed by atoms with Gasteiger partial charge < -0.3 is 10.1 Å². The monoisotopic (exact) mass is 248 g/mol. The van der Waals surface area contributed by atoms with Gasteiger partial charge in [0.1, 0.15) is 0 Å². The van der Waals surface area contributed by atoms with Crippen LogP contribution < -0.4 is 10.1 Å².